The number of carbonyl (C=O) groups excluding carboxylic acids is 1. The number of hydrogen-bond donors (Lipinski definition) is 1. The Balaban J connectivity index is 1.72. The molecule has 0 radical (unpaired) electrons. The zero-order valence-electron chi connectivity index (χ0n) is 16.4. The van der Waals surface area contributed by atoms with E-state index >= 15 is 0 Å². The van der Waals surface area contributed by atoms with Crippen molar-refractivity contribution in [2.24, 2.45) is 10.1 Å². The van der Waals surface area contributed by atoms with Crippen molar-refractivity contribution in [2.45, 2.75) is 0 Å². The van der Waals surface area contributed by atoms with E-state index in [9.17, 15) is 4.79 Å². The molecule has 0 saturated heterocycles. The molecule has 3 heterocycles. The molecule has 0 fully saturated rings. The number of amides is 1. The summed E-state index contributed by atoms with van der Waals surface area (Å²) in [5.74, 6) is 0.749. The Bertz CT molecular complexity index is 1100. The van der Waals surface area contributed by atoms with Crippen molar-refractivity contribution in [2.75, 3.05) is 21.3 Å². The van der Waals surface area contributed by atoms with Crippen molar-refractivity contribution < 1.29 is 19.0 Å². The van der Waals surface area contributed by atoms with Gasteiger partial charge >= 0.3 is 0 Å². The molecule has 1 aromatic carbocycles. The van der Waals surface area contributed by atoms with Crippen LogP contribution in [-0.2, 0) is 4.79 Å². The van der Waals surface area contributed by atoms with Gasteiger partial charge in [0.25, 0.3) is 5.91 Å². The standard InChI is InChI=1S/C20H17N5O4S/c1-27-14-9-11(10-15(28-2)16(14)29-3)8-13-17(21)25-20(23-18(13)26)30-19(24-25)12-4-6-22-7-5-12/h4-10,21H,1-3H3. The number of hydrazone groups is 1. The second-order valence-corrected chi connectivity index (χ2v) is 7.08. The summed E-state index contributed by atoms with van der Waals surface area (Å²) in [5.41, 5.74) is 1.54. The number of hydrogen-bond acceptors (Lipinski definition) is 8. The van der Waals surface area contributed by atoms with Crippen LogP contribution in [0.3, 0.4) is 0 Å². The Morgan fingerprint density at radius 3 is 2.33 bits per heavy atom. The van der Waals surface area contributed by atoms with Gasteiger partial charge in [-0.15, -0.1) is 0 Å². The number of benzene rings is 1. The third kappa shape index (κ3) is 3.41. The molecule has 2 aliphatic rings. The highest BCUT2D eigenvalue weighted by Gasteiger charge is 2.36. The Kier molecular flexibility index (Phi) is 5.23. The zero-order chi connectivity index (χ0) is 21.3. The van der Waals surface area contributed by atoms with Crippen molar-refractivity contribution in [1.29, 1.82) is 5.41 Å². The highest BCUT2D eigenvalue weighted by atomic mass is 32.2. The van der Waals surface area contributed by atoms with Gasteiger partial charge in [-0.25, -0.2) is 0 Å². The number of thioether (sulfide) groups is 1. The minimum atomic E-state index is -0.515. The van der Waals surface area contributed by atoms with Crippen molar-refractivity contribution in [1.82, 2.24) is 9.99 Å². The Morgan fingerprint density at radius 2 is 1.73 bits per heavy atom. The van der Waals surface area contributed by atoms with Crippen molar-refractivity contribution in [3.63, 3.8) is 0 Å². The highest BCUT2D eigenvalue weighted by molar-refractivity contribution is 8.27. The van der Waals surface area contributed by atoms with Crippen molar-refractivity contribution in [3.8, 4) is 17.2 Å². The molecule has 0 atom stereocenters. The van der Waals surface area contributed by atoms with E-state index in [4.69, 9.17) is 19.6 Å². The highest BCUT2D eigenvalue weighted by Crippen LogP contribution is 2.39. The number of nitrogens with zero attached hydrogens (tertiary/aromatic N) is 4. The molecule has 0 spiro atoms. The number of pyridine rings is 1. The predicted molar refractivity (Wildman–Crippen MR) is 114 cm³/mol. The van der Waals surface area contributed by atoms with E-state index in [-0.39, 0.29) is 11.4 Å². The molecular formula is C20H17N5O4S. The van der Waals surface area contributed by atoms with Gasteiger partial charge in [0.05, 0.1) is 26.9 Å². The second-order valence-electron chi connectivity index (χ2n) is 6.12. The topological polar surface area (TPSA) is 109 Å². The van der Waals surface area contributed by atoms with Crippen LogP contribution in [0.25, 0.3) is 6.08 Å². The van der Waals surface area contributed by atoms with Gasteiger partial charge in [-0.2, -0.15) is 15.1 Å². The van der Waals surface area contributed by atoms with Gasteiger partial charge in [-0.3, -0.25) is 15.2 Å². The summed E-state index contributed by atoms with van der Waals surface area (Å²) < 4.78 is 16.0. The molecule has 1 N–H and O–H groups in total. The zero-order valence-corrected chi connectivity index (χ0v) is 17.2. The van der Waals surface area contributed by atoms with Crippen LogP contribution in [-0.4, -0.2) is 53.3 Å². The third-order valence-corrected chi connectivity index (χ3v) is 5.34. The van der Waals surface area contributed by atoms with Gasteiger partial charge in [0.1, 0.15) is 5.04 Å². The molecule has 2 aromatic rings. The lowest BCUT2D eigenvalue weighted by Gasteiger charge is -2.20. The SMILES string of the molecule is COc1cc(C=C2C(=N)N3N=C(c4ccncc4)SC3=NC2=O)cc(OC)c1OC. The van der Waals surface area contributed by atoms with Gasteiger partial charge in [0, 0.05) is 18.0 Å². The van der Waals surface area contributed by atoms with Crippen LogP contribution in [0, 0.1) is 5.41 Å². The molecule has 1 aromatic heterocycles. The average molecular weight is 423 g/mol. The summed E-state index contributed by atoms with van der Waals surface area (Å²) in [7, 11) is 4.53. The molecule has 0 unspecified atom stereocenters. The summed E-state index contributed by atoms with van der Waals surface area (Å²) in [4.78, 5) is 20.7. The van der Waals surface area contributed by atoms with E-state index in [2.05, 4.69) is 15.1 Å². The Morgan fingerprint density at radius 1 is 1.07 bits per heavy atom. The first-order chi connectivity index (χ1) is 14.5. The van der Waals surface area contributed by atoms with Crippen LogP contribution in [0.4, 0.5) is 0 Å². The van der Waals surface area contributed by atoms with Gasteiger partial charge in [0.15, 0.2) is 17.3 Å². The van der Waals surface area contributed by atoms with E-state index in [0.29, 0.717) is 33.0 Å². The first-order valence-electron chi connectivity index (χ1n) is 8.76. The fraction of sp³-hybridized carbons (Fsp3) is 0.150. The fourth-order valence-corrected chi connectivity index (χ4v) is 3.85. The number of aliphatic imine (C=N–C) groups is 1. The number of aromatic nitrogens is 1. The monoisotopic (exact) mass is 423 g/mol. The van der Waals surface area contributed by atoms with Crippen molar-refractivity contribution in [3.05, 3.63) is 53.4 Å². The number of methoxy groups -OCH3 is 3. The normalized spacial score (nSPS) is 16.9. The fourth-order valence-electron chi connectivity index (χ4n) is 2.95. The lowest BCUT2D eigenvalue weighted by atomic mass is 10.1. The van der Waals surface area contributed by atoms with E-state index in [1.807, 2.05) is 12.1 Å². The number of amidine groups is 2. The number of ether oxygens (including phenoxy) is 3. The molecule has 152 valence electrons. The van der Waals surface area contributed by atoms with Crippen molar-refractivity contribution >= 4 is 39.8 Å². The first-order valence-corrected chi connectivity index (χ1v) is 9.58. The van der Waals surface area contributed by atoms with Gasteiger partial charge < -0.3 is 14.2 Å². The first kappa shape index (κ1) is 19.6. The molecule has 10 heteroatoms. The van der Waals surface area contributed by atoms with Gasteiger partial charge in [0.2, 0.25) is 10.9 Å². The summed E-state index contributed by atoms with van der Waals surface area (Å²) in [6.45, 7) is 0. The smallest absolute Gasteiger partial charge is 0.283 e. The quantitative estimate of drug-likeness (QED) is 0.737. The third-order valence-electron chi connectivity index (χ3n) is 4.38. The lowest BCUT2D eigenvalue weighted by molar-refractivity contribution is -0.114. The van der Waals surface area contributed by atoms with Crippen LogP contribution >= 0.6 is 11.8 Å². The summed E-state index contributed by atoms with van der Waals surface area (Å²) in [6, 6.07) is 7.00. The molecule has 0 saturated carbocycles. The van der Waals surface area contributed by atoms with Crippen LogP contribution in [0.5, 0.6) is 17.2 Å². The lowest BCUT2D eigenvalue weighted by Crippen LogP contribution is -2.35. The maximum absolute atomic E-state index is 12.6. The summed E-state index contributed by atoms with van der Waals surface area (Å²) >= 11 is 1.23. The van der Waals surface area contributed by atoms with Crippen LogP contribution < -0.4 is 14.2 Å². The number of nitrogens with one attached hydrogen (secondary N) is 1. The van der Waals surface area contributed by atoms with E-state index in [0.717, 1.165) is 5.56 Å². The van der Waals surface area contributed by atoms with E-state index in [1.165, 1.54) is 38.1 Å². The molecule has 1 amide bonds. The van der Waals surface area contributed by atoms with E-state index in [1.54, 1.807) is 30.6 Å². The maximum Gasteiger partial charge on any atom is 0.283 e. The minimum Gasteiger partial charge on any atom is -0.493 e. The Labute approximate surface area is 176 Å². The largest absolute Gasteiger partial charge is 0.493 e. The second kappa shape index (κ2) is 7.99. The van der Waals surface area contributed by atoms with Crippen LogP contribution in [0.1, 0.15) is 11.1 Å². The molecule has 0 aliphatic carbocycles. The Hall–Kier alpha value is -3.66. The number of carbonyl (C=O) groups is 1. The van der Waals surface area contributed by atoms with Gasteiger partial charge in [-0.1, -0.05) is 0 Å². The molecule has 0 bridgehead atoms. The molecular weight excluding hydrogens is 406 g/mol. The maximum atomic E-state index is 12.6. The summed E-state index contributed by atoms with van der Waals surface area (Å²) in [5, 5.41) is 15.3. The summed E-state index contributed by atoms with van der Waals surface area (Å²) in [6.07, 6.45) is 4.87. The van der Waals surface area contributed by atoms with E-state index < -0.39 is 5.91 Å². The van der Waals surface area contributed by atoms with Gasteiger partial charge in [-0.05, 0) is 47.7 Å². The number of fused-ring (bicyclic) bond motifs is 1. The molecule has 30 heavy (non-hydrogen) atoms. The molecule has 4 rings (SSSR count). The van der Waals surface area contributed by atoms with Crippen LogP contribution in [0.15, 0.2) is 52.3 Å². The number of rotatable bonds is 5. The van der Waals surface area contributed by atoms with Crippen LogP contribution in [0.2, 0.25) is 0 Å². The molecule has 2 aliphatic heterocycles. The average Bonchev–Trinajstić information content (AvgIpc) is 3.20. The molecule has 9 nitrogen and oxygen atoms in total. The predicted octanol–water partition coefficient (Wildman–Crippen LogP) is 2.77. The minimum absolute atomic E-state index is 0.0599.